The second-order valence-electron chi connectivity index (χ2n) is 12.2. The Bertz CT molecular complexity index is 2320. The molecule has 0 aliphatic rings. The Morgan fingerprint density at radius 1 is 0.273 bits per heavy atom. The number of aromatic carboxylic acids is 4. The molecule has 4 heterocycles. The number of carbonyl (C=O) groups is 4. The van der Waals surface area contributed by atoms with E-state index in [1.807, 2.05) is 72.8 Å². The fraction of sp³-hybridized carbons (Fsp3) is 0. The average Bonchev–Trinajstić information content (AvgIpc) is 3.31. The Morgan fingerprint density at radius 3 is 0.591 bits per heavy atom. The van der Waals surface area contributed by atoms with Gasteiger partial charge in [-0.25, -0.2) is 0 Å². The van der Waals surface area contributed by atoms with E-state index in [9.17, 15) is 39.6 Å². The predicted molar refractivity (Wildman–Crippen MR) is 230 cm³/mol. The number of pyridine rings is 4. The maximum Gasteiger partial charge on any atom is 2.00 e. The van der Waals surface area contributed by atoms with Gasteiger partial charge in [0.05, 0.1) is 46.7 Å². The number of hydrogen-bond donors (Lipinski definition) is 0. The van der Waals surface area contributed by atoms with E-state index in [2.05, 4.69) is 19.9 Å². The summed E-state index contributed by atoms with van der Waals surface area (Å²) in [6.45, 7) is 0. The number of carbonyl (C=O) groups excluding carboxylic acids is 4. The molecule has 0 spiro atoms. The standard InChI is InChI=1S/2C14H10O4.2C10H8N2.2Cu.4H2O/c2*15-13(16)11-7-3-1-5-9(11)10-6-2-4-8-12(10)14(17)18;2*1-3-7-11-9(5-1)10-6-2-4-8-12-10;;;;;;/h2*1-8H,(H,15,16)(H,17,18);2*1-8H;;;4*1H2/q;;;;2*+2;;;;/p-4. The van der Waals surface area contributed by atoms with Crippen LogP contribution in [0.4, 0.5) is 0 Å². The summed E-state index contributed by atoms with van der Waals surface area (Å²) in [6.07, 6.45) is 7.07. The summed E-state index contributed by atoms with van der Waals surface area (Å²) in [5.74, 6) is -5.39. The average molecular weight is 992 g/mol. The topological polar surface area (TPSA) is 338 Å². The third-order valence-corrected chi connectivity index (χ3v) is 8.35. The molecule has 18 heteroatoms. The molecule has 0 amide bonds. The van der Waals surface area contributed by atoms with Crippen LogP contribution in [0, 0.1) is 0 Å². The third kappa shape index (κ3) is 17.1. The van der Waals surface area contributed by atoms with Gasteiger partial charge in [-0.05, 0) is 70.8 Å². The van der Waals surface area contributed by atoms with Crippen molar-refractivity contribution in [2.45, 2.75) is 0 Å². The van der Waals surface area contributed by atoms with E-state index < -0.39 is 23.9 Å². The van der Waals surface area contributed by atoms with Gasteiger partial charge in [0, 0.05) is 47.0 Å². The minimum atomic E-state index is -1.35. The van der Waals surface area contributed by atoms with E-state index in [1.54, 1.807) is 73.3 Å². The molecule has 8 rings (SSSR count). The molecule has 0 bridgehead atoms. The summed E-state index contributed by atoms with van der Waals surface area (Å²) in [5.41, 5.74) is 4.67. The molecule has 4 aromatic heterocycles. The maximum absolute atomic E-state index is 11.0. The van der Waals surface area contributed by atoms with Gasteiger partial charge in [-0.1, -0.05) is 121 Å². The molecule has 8 aromatic rings. The van der Waals surface area contributed by atoms with Crippen molar-refractivity contribution in [3.8, 4) is 45.0 Å². The second kappa shape index (κ2) is 31.1. The zero-order valence-electron chi connectivity index (χ0n) is 34.1. The molecule has 2 radical (unpaired) electrons. The van der Waals surface area contributed by atoms with Gasteiger partial charge in [0.1, 0.15) is 0 Å². The number of benzene rings is 4. The molecule has 0 saturated carbocycles. The molecule has 0 aliphatic heterocycles. The molecule has 4 aromatic carbocycles. The van der Waals surface area contributed by atoms with E-state index in [0.29, 0.717) is 22.3 Å². The van der Waals surface area contributed by atoms with Gasteiger partial charge in [0.2, 0.25) is 0 Å². The summed E-state index contributed by atoms with van der Waals surface area (Å²) >= 11 is 0. The maximum atomic E-state index is 11.0. The first-order valence-corrected chi connectivity index (χ1v) is 18.0. The molecular weight excluding hydrogens is 952 g/mol. The minimum absolute atomic E-state index is 0. The molecule has 0 unspecified atom stereocenters. The van der Waals surface area contributed by atoms with Gasteiger partial charge in [0.25, 0.3) is 0 Å². The molecule has 0 fully saturated rings. The Labute approximate surface area is 399 Å². The van der Waals surface area contributed by atoms with E-state index >= 15 is 0 Å². The van der Waals surface area contributed by atoms with Crippen molar-refractivity contribution >= 4 is 23.9 Å². The monoisotopic (exact) mass is 990 g/mol. The van der Waals surface area contributed by atoms with Gasteiger partial charge in [-0.3, -0.25) is 19.9 Å². The number of nitrogens with zero attached hydrogens (tertiary/aromatic N) is 4. The van der Waals surface area contributed by atoms with Crippen molar-refractivity contribution in [1.82, 2.24) is 19.9 Å². The van der Waals surface area contributed by atoms with Crippen LogP contribution >= 0.6 is 0 Å². The van der Waals surface area contributed by atoms with Crippen LogP contribution in [-0.2, 0) is 34.1 Å². The zero-order chi connectivity index (χ0) is 42.7. The second-order valence-corrected chi connectivity index (χ2v) is 12.2. The quantitative estimate of drug-likeness (QED) is 0.194. The summed E-state index contributed by atoms with van der Waals surface area (Å²) in [5, 5.41) is 44.0. The Balaban J connectivity index is 0. The van der Waals surface area contributed by atoms with Gasteiger partial charge in [0.15, 0.2) is 0 Å². The van der Waals surface area contributed by atoms with Crippen molar-refractivity contribution in [2.24, 2.45) is 0 Å². The van der Waals surface area contributed by atoms with Crippen LogP contribution in [0.3, 0.4) is 0 Å². The van der Waals surface area contributed by atoms with Crippen LogP contribution in [-0.4, -0.2) is 65.7 Å². The molecule has 66 heavy (non-hydrogen) atoms. The first-order chi connectivity index (χ1) is 29.2. The normalized spacial score (nSPS) is 8.97. The van der Waals surface area contributed by atoms with Crippen LogP contribution in [0.25, 0.3) is 45.0 Å². The molecule has 346 valence electrons. The number of carboxylic acid groups (broad SMARTS) is 4. The van der Waals surface area contributed by atoms with Crippen molar-refractivity contribution in [1.29, 1.82) is 0 Å². The first kappa shape index (κ1) is 60.3. The van der Waals surface area contributed by atoms with Crippen LogP contribution < -0.4 is 20.4 Å². The predicted octanol–water partition coefficient (Wildman–Crippen LogP) is 1.14. The first-order valence-electron chi connectivity index (χ1n) is 18.0. The fourth-order valence-electron chi connectivity index (χ4n) is 5.64. The summed E-state index contributed by atoms with van der Waals surface area (Å²) in [6, 6.07) is 47.6. The van der Waals surface area contributed by atoms with E-state index in [4.69, 9.17) is 0 Å². The number of carboxylic acids is 4. The van der Waals surface area contributed by atoms with Crippen molar-refractivity contribution < 1.29 is 95.6 Å². The molecule has 0 saturated heterocycles. The van der Waals surface area contributed by atoms with Crippen LogP contribution in [0.2, 0.25) is 0 Å². The molecule has 16 nitrogen and oxygen atoms in total. The van der Waals surface area contributed by atoms with Crippen LogP contribution in [0.1, 0.15) is 41.4 Å². The van der Waals surface area contributed by atoms with Gasteiger partial charge in [-0.2, -0.15) is 0 Å². The Morgan fingerprint density at radius 2 is 0.439 bits per heavy atom. The summed E-state index contributed by atoms with van der Waals surface area (Å²) in [4.78, 5) is 60.8. The summed E-state index contributed by atoms with van der Waals surface area (Å²) in [7, 11) is 0. The molecule has 8 N–H and O–H groups in total. The van der Waals surface area contributed by atoms with Crippen molar-refractivity contribution in [2.75, 3.05) is 0 Å². The smallest absolute Gasteiger partial charge is 0.545 e. The van der Waals surface area contributed by atoms with Crippen molar-refractivity contribution in [3.05, 3.63) is 217 Å². The SMILES string of the molecule is O.O.O.O.O=C([O-])c1ccccc1-c1ccccc1C(=O)[O-].O=C([O-])c1ccccc1-c1ccccc1C(=O)[O-].[Cu+2].[Cu+2].c1ccc(-c2ccccn2)nc1.c1ccc(-c2ccccn2)nc1. The molecule has 0 aliphatic carbocycles. The minimum Gasteiger partial charge on any atom is -0.545 e. The number of hydrogen-bond acceptors (Lipinski definition) is 12. The number of rotatable bonds is 8. The summed E-state index contributed by atoms with van der Waals surface area (Å²) < 4.78 is 0. The van der Waals surface area contributed by atoms with Gasteiger partial charge < -0.3 is 61.5 Å². The number of aromatic nitrogens is 4. The van der Waals surface area contributed by atoms with Crippen LogP contribution in [0.5, 0.6) is 0 Å². The van der Waals surface area contributed by atoms with E-state index in [-0.39, 0.29) is 78.3 Å². The Hall–Kier alpha value is -7.76. The largest absolute Gasteiger partial charge is 2.00 e. The van der Waals surface area contributed by atoms with Crippen LogP contribution in [0.15, 0.2) is 195 Å². The van der Waals surface area contributed by atoms with E-state index in [1.165, 1.54) is 48.5 Å². The zero-order valence-corrected chi connectivity index (χ0v) is 36.0. The third-order valence-electron chi connectivity index (χ3n) is 8.35. The molecule has 0 atom stereocenters. The fourth-order valence-corrected chi connectivity index (χ4v) is 5.64. The van der Waals surface area contributed by atoms with Gasteiger partial charge >= 0.3 is 34.1 Å². The van der Waals surface area contributed by atoms with Gasteiger partial charge in [-0.15, -0.1) is 0 Å². The molecular formula is C48H40Cu2N4O12. The Kier molecular flexibility index (Phi) is 28.5. The van der Waals surface area contributed by atoms with E-state index in [0.717, 1.165) is 22.8 Å². The van der Waals surface area contributed by atoms with Crippen molar-refractivity contribution in [3.63, 3.8) is 0 Å².